The second-order valence-electron chi connectivity index (χ2n) is 6.07. The molecule has 2 aromatic rings. The lowest BCUT2D eigenvalue weighted by molar-refractivity contribution is -0.120. The van der Waals surface area contributed by atoms with Gasteiger partial charge in [0.2, 0.25) is 5.91 Å². The number of nitrogens with zero attached hydrogens (tertiary/aromatic N) is 1. The van der Waals surface area contributed by atoms with Gasteiger partial charge in [0, 0.05) is 10.4 Å². The standard InChI is InChI=1S/C17H20N2O2S/c1-17(2,3)13-6-7-15(20)12(9-13)11-18-19-16(21)10-14-5-4-8-22-14/h4-9,11,20H,10H2,1-3H3,(H,19,21)/b18-11-. The number of phenolic OH excluding ortho intramolecular Hbond substituents is 1. The highest BCUT2D eigenvalue weighted by molar-refractivity contribution is 7.10. The molecular weight excluding hydrogens is 296 g/mol. The number of thiophene rings is 1. The molecule has 0 atom stereocenters. The van der Waals surface area contributed by atoms with Gasteiger partial charge in [-0.15, -0.1) is 11.3 Å². The lowest BCUT2D eigenvalue weighted by atomic mass is 9.86. The Bertz CT molecular complexity index is 670. The highest BCUT2D eigenvalue weighted by Crippen LogP contribution is 2.26. The van der Waals surface area contributed by atoms with Gasteiger partial charge in [-0.25, -0.2) is 5.43 Å². The first kappa shape index (κ1) is 16.2. The molecule has 4 nitrogen and oxygen atoms in total. The molecular formula is C17H20N2O2S. The summed E-state index contributed by atoms with van der Waals surface area (Å²) in [6, 6.07) is 9.24. The summed E-state index contributed by atoms with van der Waals surface area (Å²) < 4.78 is 0. The number of rotatable bonds is 4. The molecule has 116 valence electrons. The van der Waals surface area contributed by atoms with Gasteiger partial charge < -0.3 is 5.11 Å². The van der Waals surface area contributed by atoms with Gasteiger partial charge >= 0.3 is 0 Å². The summed E-state index contributed by atoms with van der Waals surface area (Å²) in [6.07, 6.45) is 1.78. The van der Waals surface area contributed by atoms with Crippen molar-refractivity contribution < 1.29 is 9.90 Å². The van der Waals surface area contributed by atoms with Crippen LogP contribution in [-0.4, -0.2) is 17.2 Å². The van der Waals surface area contributed by atoms with E-state index in [1.807, 2.05) is 29.6 Å². The highest BCUT2D eigenvalue weighted by Gasteiger charge is 2.14. The normalized spacial score (nSPS) is 11.8. The average molecular weight is 316 g/mol. The van der Waals surface area contributed by atoms with Gasteiger partial charge in [0.05, 0.1) is 12.6 Å². The Morgan fingerprint density at radius 3 is 2.77 bits per heavy atom. The minimum atomic E-state index is -0.176. The molecule has 22 heavy (non-hydrogen) atoms. The molecule has 1 aromatic heterocycles. The van der Waals surface area contributed by atoms with Crippen molar-refractivity contribution in [2.24, 2.45) is 5.10 Å². The molecule has 5 heteroatoms. The fraction of sp³-hybridized carbons (Fsp3) is 0.294. The predicted molar refractivity (Wildman–Crippen MR) is 90.6 cm³/mol. The number of amides is 1. The van der Waals surface area contributed by atoms with E-state index >= 15 is 0 Å². The van der Waals surface area contributed by atoms with Crippen LogP contribution in [0.2, 0.25) is 0 Å². The Morgan fingerprint density at radius 1 is 1.36 bits per heavy atom. The van der Waals surface area contributed by atoms with E-state index in [1.54, 1.807) is 6.07 Å². The number of carbonyl (C=O) groups is 1. The predicted octanol–water partition coefficient (Wildman–Crippen LogP) is 3.44. The van der Waals surface area contributed by atoms with Crippen LogP contribution < -0.4 is 5.43 Å². The third kappa shape index (κ3) is 4.43. The summed E-state index contributed by atoms with van der Waals surface area (Å²) in [7, 11) is 0. The third-order valence-electron chi connectivity index (χ3n) is 3.20. The van der Waals surface area contributed by atoms with Gasteiger partial charge in [-0.1, -0.05) is 32.9 Å². The van der Waals surface area contributed by atoms with Gasteiger partial charge in [0.25, 0.3) is 0 Å². The summed E-state index contributed by atoms with van der Waals surface area (Å²) in [5.74, 6) is -0.0329. The zero-order chi connectivity index (χ0) is 16.2. The van der Waals surface area contributed by atoms with Crippen LogP contribution in [0.25, 0.3) is 0 Å². The molecule has 0 radical (unpaired) electrons. The van der Waals surface area contributed by atoms with Crippen molar-refractivity contribution in [2.45, 2.75) is 32.6 Å². The van der Waals surface area contributed by atoms with Crippen LogP contribution in [0.4, 0.5) is 0 Å². The Hall–Kier alpha value is -2.14. The van der Waals surface area contributed by atoms with Crippen LogP contribution in [-0.2, 0) is 16.6 Å². The Morgan fingerprint density at radius 2 is 2.14 bits per heavy atom. The summed E-state index contributed by atoms with van der Waals surface area (Å²) in [4.78, 5) is 12.7. The number of nitrogens with one attached hydrogen (secondary N) is 1. The van der Waals surface area contributed by atoms with Crippen LogP contribution in [0.15, 0.2) is 40.8 Å². The average Bonchev–Trinajstić information content (AvgIpc) is 2.92. The summed E-state index contributed by atoms with van der Waals surface area (Å²) >= 11 is 1.54. The molecule has 1 heterocycles. The van der Waals surface area contributed by atoms with Gasteiger partial charge in [0.15, 0.2) is 0 Å². The fourth-order valence-electron chi connectivity index (χ4n) is 1.91. The molecule has 0 bridgehead atoms. The fourth-order valence-corrected chi connectivity index (χ4v) is 2.61. The second-order valence-corrected chi connectivity index (χ2v) is 7.11. The summed E-state index contributed by atoms with van der Waals surface area (Å²) in [6.45, 7) is 6.30. The molecule has 1 amide bonds. The van der Waals surface area contributed by atoms with E-state index in [4.69, 9.17) is 0 Å². The highest BCUT2D eigenvalue weighted by atomic mass is 32.1. The van der Waals surface area contributed by atoms with E-state index in [1.165, 1.54) is 17.6 Å². The van der Waals surface area contributed by atoms with Crippen LogP contribution in [0.3, 0.4) is 0 Å². The molecule has 0 saturated heterocycles. The summed E-state index contributed by atoms with van der Waals surface area (Å²) in [5.41, 5.74) is 4.15. The quantitative estimate of drug-likeness (QED) is 0.670. The van der Waals surface area contributed by atoms with E-state index in [9.17, 15) is 9.90 Å². The van der Waals surface area contributed by atoms with Crippen molar-refractivity contribution in [1.29, 1.82) is 0 Å². The van der Waals surface area contributed by atoms with Gasteiger partial charge in [-0.2, -0.15) is 5.10 Å². The molecule has 0 aliphatic heterocycles. The monoisotopic (exact) mass is 316 g/mol. The van der Waals surface area contributed by atoms with Crippen LogP contribution in [0, 0.1) is 0 Å². The number of carbonyl (C=O) groups excluding carboxylic acids is 1. The smallest absolute Gasteiger partial charge is 0.245 e. The van der Waals surface area contributed by atoms with Gasteiger partial charge in [-0.05, 0) is 34.6 Å². The van der Waals surface area contributed by atoms with Crippen molar-refractivity contribution in [1.82, 2.24) is 5.43 Å². The first-order valence-corrected chi connectivity index (χ1v) is 7.92. The first-order chi connectivity index (χ1) is 10.4. The lowest BCUT2D eigenvalue weighted by Crippen LogP contribution is -2.19. The second kappa shape index (κ2) is 6.75. The van der Waals surface area contributed by atoms with E-state index < -0.39 is 0 Å². The van der Waals surface area contributed by atoms with E-state index in [0.29, 0.717) is 12.0 Å². The third-order valence-corrected chi connectivity index (χ3v) is 4.08. The van der Waals surface area contributed by atoms with Gasteiger partial charge in [-0.3, -0.25) is 4.79 Å². The maximum Gasteiger partial charge on any atom is 0.245 e. The maximum absolute atomic E-state index is 11.7. The van der Waals surface area contributed by atoms with Crippen molar-refractivity contribution in [3.63, 3.8) is 0 Å². The van der Waals surface area contributed by atoms with Crippen LogP contribution in [0.5, 0.6) is 5.75 Å². The minimum Gasteiger partial charge on any atom is -0.507 e. The lowest BCUT2D eigenvalue weighted by Gasteiger charge is -2.19. The Labute approximate surface area is 134 Å². The molecule has 1 aromatic carbocycles. The number of benzene rings is 1. The molecule has 2 N–H and O–H groups in total. The number of hydrogen-bond donors (Lipinski definition) is 2. The zero-order valence-electron chi connectivity index (χ0n) is 13.0. The van der Waals surface area contributed by atoms with Crippen molar-refractivity contribution >= 4 is 23.5 Å². The summed E-state index contributed by atoms with van der Waals surface area (Å²) in [5, 5.41) is 15.7. The van der Waals surface area contributed by atoms with E-state index in [2.05, 4.69) is 31.3 Å². The van der Waals surface area contributed by atoms with Gasteiger partial charge in [0.1, 0.15) is 5.75 Å². The topological polar surface area (TPSA) is 61.7 Å². The number of phenols is 1. The van der Waals surface area contributed by atoms with Crippen molar-refractivity contribution in [2.75, 3.05) is 0 Å². The largest absolute Gasteiger partial charge is 0.507 e. The number of hydrazone groups is 1. The van der Waals surface area contributed by atoms with Crippen molar-refractivity contribution in [3.05, 3.63) is 51.7 Å². The first-order valence-electron chi connectivity index (χ1n) is 7.04. The SMILES string of the molecule is CC(C)(C)c1ccc(O)c(/C=N\NC(=O)Cc2cccs2)c1. The van der Waals surface area contributed by atoms with Crippen LogP contribution in [0.1, 0.15) is 36.8 Å². The molecule has 0 spiro atoms. The number of hydrogen-bond acceptors (Lipinski definition) is 4. The minimum absolute atomic E-state index is 0.0152. The molecule has 0 unspecified atom stereocenters. The maximum atomic E-state index is 11.7. The Balaban J connectivity index is 2.02. The molecule has 0 fully saturated rings. The molecule has 0 aliphatic rings. The zero-order valence-corrected chi connectivity index (χ0v) is 13.8. The van der Waals surface area contributed by atoms with E-state index in [-0.39, 0.29) is 17.1 Å². The van der Waals surface area contributed by atoms with E-state index in [0.717, 1.165) is 10.4 Å². The Kier molecular flexibility index (Phi) is 4.98. The molecule has 2 rings (SSSR count). The molecule has 0 aliphatic carbocycles. The molecule has 0 saturated carbocycles. The van der Waals surface area contributed by atoms with Crippen LogP contribution >= 0.6 is 11.3 Å². The number of aromatic hydroxyl groups is 1. The van der Waals surface area contributed by atoms with Crippen molar-refractivity contribution in [3.8, 4) is 5.75 Å².